The molecule has 7 heteroatoms. The lowest BCUT2D eigenvalue weighted by molar-refractivity contribution is -0.176. The molecule has 0 heterocycles. The zero-order chi connectivity index (χ0) is 19.4. The summed E-state index contributed by atoms with van der Waals surface area (Å²) in [4.78, 5) is 12.5. The molecule has 2 unspecified atom stereocenters. The number of fused-ring (bicyclic) bond motifs is 2. The highest BCUT2D eigenvalue weighted by Crippen LogP contribution is 2.41. The first-order valence-electron chi connectivity index (χ1n) is 9.57. The molecular weight excluding hydrogens is 357 g/mol. The largest absolute Gasteiger partial charge is 0.411 e. The molecule has 0 spiro atoms. The summed E-state index contributed by atoms with van der Waals surface area (Å²) in [6.07, 6.45) is 0.902. The topological polar surface area (TPSA) is 64.4 Å². The number of hydrogen-bond donors (Lipinski definition) is 2. The van der Waals surface area contributed by atoms with Crippen molar-refractivity contribution in [2.75, 3.05) is 6.61 Å². The molecular formula is C20H27F3N2O2. The van der Waals surface area contributed by atoms with Gasteiger partial charge in [0, 0.05) is 18.5 Å². The van der Waals surface area contributed by atoms with Crippen molar-refractivity contribution in [1.82, 2.24) is 5.32 Å². The number of alkyl halides is 3. The number of nitrogens with one attached hydrogen (secondary N) is 1. The van der Waals surface area contributed by atoms with Gasteiger partial charge in [-0.1, -0.05) is 30.7 Å². The van der Waals surface area contributed by atoms with Crippen LogP contribution in [0.2, 0.25) is 0 Å². The van der Waals surface area contributed by atoms with Crippen LogP contribution < -0.4 is 11.1 Å². The van der Waals surface area contributed by atoms with Crippen molar-refractivity contribution in [3.8, 4) is 0 Å². The van der Waals surface area contributed by atoms with E-state index >= 15 is 0 Å². The molecule has 0 aromatic heterocycles. The number of carbonyl (C=O) groups excluding carboxylic acids is 1. The summed E-state index contributed by atoms with van der Waals surface area (Å²) in [7, 11) is 0. The first-order valence-corrected chi connectivity index (χ1v) is 9.57. The molecule has 0 radical (unpaired) electrons. The quantitative estimate of drug-likeness (QED) is 0.789. The number of carbonyl (C=O) groups is 1. The fourth-order valence-corrected chi connectivity index (χ4v) is 4.37. The Morgan fingerprint density at radius 3 is 2.30 bits per heavy atom. The van der Waals surface area contributed by atoms with E-state index in [4.69, 9.17) is 5.73 Å². The molecule has 0 saturated heterocycles. The molecule has 1 aromatic rings. The van der Waals surface area contributed by atoms with Crippen LogP contribution in [0.15, 0.2) is 24.3 Å². The normalized spacial score (nSPS) is 28.0. The number of halogens is 3. The Hall–Kier alpha value is -1.60. The molecule has 2 saturated carbocycles. The molecule has 2 fully saturated rings. The molecule has 1 aromatic carbocycles. The third-order valence-corrected chi connectivity index (χ3v) is 5.81. The van der Waals surface area contributed by atoms with Crippen molar-refractivity contribution in [3.05, 3.63) is 35.4 Å². The molecule has 0 aliphatic heterocycles. The standard InChI is InChI=1S/C20H27F3N2O2/c21-20(22,23)12-27-11-14-6-4-13(5-7-14)10-25-19(26)17-8-15-2-1-3-16(9-17)18(15)24/h4-7,15-18H,1-3,8-12,24H2,(H,25,26). The third-order valence-electron chi connectivity index (χ3n) is 5.81. The lowest BCUT2D eigenvalue weighted by atomic mass is 9.65. The van der Waals surface area contributed by atoms with E-state index in [0.717, 1.165) is 31.2 Å². The van der Waals surface area contributed by atoms with E-state index in [1.54, 1.807) is 24.3 Å². The number of nitrogens with two attached hydrogens (primary N) is 1. The van der Waals surface area contributed by atoms with E-state index in [1.807, 2.05) is 0 Å². The van der Waals surface area contributed by atoms with Crippen LogP contribution >= 0.6 is 0 Å². The second-order valence-corrected chi connectivity index (χ2v) is 7.84. The zero-order valence-corrected chi connectivity index (χ0v) is 15.3. The third kappa shape index (κ3) is 5.69. The van der Waals surface area contributed by atoms with Gasteiger partial charge in [0.1, 0.15) is 6.61 Å². The average Bonchev–Trinajstić information content (AvgIpc) is 2.59. The molecule has 27 heavy (non-hydrogen) atoms. The van der Waals surface area contributed by atoms with Gasteiger partial charge < -0.3 is 15.8 Å². The van der Waals surface area contributed by atoms with Gasteiger partial charge in [-0.05, 0) is 48.6 Å². The average molecular weight is 384 g/mol. The van der Waals surface area contributed by atoms with Gasteiger partial charge in [0.05, 0.1) is 6.61 Å². The SMILES string of the molecule is NC1C2CCCC1CC(C(=O)NCc1ccc(COCC(F)(F)F)cc1)C2. The Bertz CT molecular complexity index is 619. The Labute approximate surface area is 157 Å². The molecule has 3 N–H and O–H groups in total. The maximum atomic E-state index is 12.5. The highest BCUT2D eigenvalue weighted by molar-refractivity contribution is 5.78. The lowest BCUT2D eigenvalue weighted by Gasteiger charge is -2.43. The van der Waals surface area contributed by atoms with Gasteiger partial charge in [-0.15, -0.1) is 0 Å². The van der Waals surface area contributed by atoms with E-state index in [1.165, 1.54) is 6.42 Å². The van der Waals surface area contributed by atoms with Crippen LogP contribution in [0.5, 0.6) is 0 Å². The van der Waals surface area contributed by atoms with Crippen LogP contribution in [0.3, 0.4) is 0 Å². The van der Waals surface area contributed by atoms with E-state index in [0.29, 0.717) is 23.9 Å². The first kappa shape index (κ1) is 20.1. The van der Waals surface area contributed by atoms with Crippen molar-refractivity contribution in [3.63, 3.8) is 0 Å². The Kier molecular flexibility index (Phi) is 6.42. The summed E-state index contributed by atoms with van der Waals surface area (Å²) in [5.41, 5.74) is 7.86. The minimum Gasteiger partial charge on any atom is -0.367 e. The van der Waals surface area contributed by atoms with Crippen molar-refractivity contribution < 1.29 is 22.7 Å². The van der Waals surface area contributed by atoms with Gasteiger partial charge in [-0.25, -0.2) is 0 Å². The second kappa shape index (κ2) is 8.61. The number of amides is 1. The highest BCUT2D eigenvalue weighted by atomic mass is 19.4. The molecule has 2 atom stereocenters. The number of rotatable bonds is 6. The van der Waals surface area contributed by atoms with Crippen LogP contribution in [0, 0.1) is 17.8 Å². The van der Waals surface area contributed by atoms with E-state index in [2.05, 4.69) is 10.1 Å². The Balaban J connectivity index is 1.44. The van der Waals surface area contributed by atoms with Gasteiger partial charge in [-0.3, -0.25) is 4.79 Å². The van der Waals surface area contributed by atoms with Gasteiger partial charge in [0.25, 0.3) is 0 Å². The number of benzene rings is 1. The van der Waals surface area contributed by atoms with Crippen molar-refractivity contribution in [2.24, 2.45) is 23.5 Å². The maximum absolute atomic E-state index is 12.5. The first-order chi connectivity index (χ1) is 12.8. The molecule has 2 aliphatic rings. The molecule has 150 valence electrons. The number of hydrogen-bond acceptors (Lipinski definition) is 3. The van der Waals surface area contributed by atoms with Crippen LogP contribution in [-0.2, 0) is 22.7 Å². The summed E-state index contributed by atoms with van der Waals surface area (Å²) < 4.78 is 40.9. The fourth-order valence-electron chi connectivity index (χ4n) is 4.37. The lowest BCUT2D eigenvalue weighted by Crippen LogP contribution is -2.49. The minimum absolute atomic E-state index is 0.0372. The van der Waals surface area contributed by atoms with Crippen molar-refractivity contribution in [2.45, 2.75) is 57.5 Å². The van der Waals surface area contributed by atoms with Gasteiger partial charge >= 0.3 is 6.18 Å². The predicted octanol–water partition coefficient (Wildman–Crippen LogP) is 3.54. The minimum atomic E-state index is -4.31. The van der Waals surface area contributed by atoms with Crippen LogP contribution in [0.25, 0.3) is 0 Å². The van der Waals surface area contributed by atoms with Crippen LogP contribution in [0.1, 0.15) is 43.2 Å². The fraction of sp³-hybridized carbons (Fsp3) is 0.650. The molecule has 3 rings (SSSR count). The summed E-state index contributed by atoms with van der Waals surface area (Å²) >= 11 is 0. The maximum Gasteiger partial charge on any atom is 0.411 e. The van der Waals surface area contributed by atoms with Gasteiger partial charge in [0.2, 0.25) is 5.91 Å². The summed E-state index contributed by atoms with van der Waals surface area (Å²) in [6.45, 7) is -0.921. The molecule has 2 bridgehead atoms. The van der Waals surface area contributed by atoms with Crippen molar-refractivity contribution >= 4 is 5.91 Å². The van der Waals surface area contributed by atoms with E-state index < -0.39 is 12.8 Å². The zero-order valence-electron chi connectivity index (χ0n) is 15.3. The summed E-state index contributed by atoms with van der Waals surface area (Å²) in [6, 6.07) is 7.30. The predicted molar refractivity (Wildman–Crippen MR) is 95.5 cm³/mol. The summed E-state index contributed by atoms with van der Waals surface area (Å²) in [5.74, 6) is 1.04. The molecule has 2 aliphatic carbocycles. The van der Waals surface area contributed by atoms with Crippen molar-refractivity contribution in [1.29, 1.82) is 0 Å². The summed E-state index contributed by atoms with van der Waals surface area (Å²) in [5, 5.41) is 3.00. The molecule has 4 nitrogen and oxygen atoms in total. The smallest absolute Gasteiger partial charge is 0.367 e. The number of ether oxygens (including phenoxy) is 1. The Morgan fingerprint density at radius 2 is 1.70 bits per heavy atom. The Morgan fingerprint density at radius 1 is 1.11 bits per heavy atom. The second-order valence-electron chi connectivity index (χ2n) is 7.84. The van der Waals surface area contributed by atoms with Gasteiger partial charge in [0.15, 0.2) is 0 Å². The van der Waals surface area contributed by atoms with E-state index in [-0.39, 0.29) is 24.5 Å². The van der Waals surface area contributed by atoms with Crippen LogP contribution in [0.4, 0.5) is 13.2 Å². The van der Waals surface area contributed by atoms with E-state index in [9.17, 15) is 18.0 Å². The monoisotopic (exact) mass is 384 g/mol. The van der Waals surface area contributed by atoms with Gasteiger partial charge in [-0.2, -0.15) is 13.2 Å². The highest BCUT2D eigenvalue weighted by Gasteiger charge is 2.40. The molecule has 1 amide bonds. The van der Waals surface area contributed by atoms with Crippen LogP contribution in [-0.4, -0.2) is 24.7 Å².